The Morgan fingerprint density at radius 2 is 1.80 bits per heavy atom. The summed E-state index contributed by atoms with van der Waals surface area (Å²) in [5, 5.41) is 13.3. The summed E-state index contributed by atoms with van der Waals surface area (Å²) >= 11 is 0. The van der Waals surface area contributed by atoms with Crippen molar-refractivity contribution in [1.82, 2.24) is 5.32 Å². The number of alkyl halides is 3. The van der Waals surface area contributed by atoms with Crippen LogP contribution in [0.1, 0.15) is 36.7 Å². The summed E-state index contributed by atoms with van der Waals surface area (Å²) in [6.45, 7) is 4.96. The van der Waals surface area contributed by atoms with Gasteiger partial charge in [0, 0.05) is 11.6 Å². The molecule has 0 aromatic heterocycles. The highest BCUT2D eigenvalue weighted by Gasteiger charge is 2.34. The molecule has 0 fully saturated rings. The lowest BCUT2D eigenvalue weighted by Gasteiger charge is -2.20. The SMILES string of the molecule is CC(C)(C)NC(=O)c1ccc(C(F)(F)F)cc1[N+](=O)[O-]. The Morgan fingerprint density at radius 3 is 2.20 bits per heavy atom. The monoisotopic (exact) mass is 290 g/mol. The van der Waals surface area contributed by atoms with Gasteiger partial charge in [0.15, 0.2) is 0 Å². The number of amides is 1. The lowest BCUT2D eigenvalue weighted by molar-refractivity contribution is -0.385. The Labute approximate surface area is 112 Å². The summed E-state index contributed by atoms with van der Waals surface area (Å²) in [4.78, 5) is 21.7. The second-order valence-corrected chi connectivity index (χ2v) is 5.19. The van der Waals surface area contributed by atoms with Crippen molar-refractivity contribution in [2.45, 2.75) is 32.5 Å². The first-order chi connectivity index (χ1) is 8.92. The zero-order chi connectivity index (χ0) is 15.7. The average Bonchev–Trinajstić information content (AvgIpc) is 2.24. The maximum Gasteiger partial charge on any atom is 0.416 e. The van der Waals surface area contributed by atoms with E-state index in [4.69, 9.17) is 0 Å². The van der Waals surface area contributed by atoms with E-state index in [-0.39, 0.29) is 0 Å². The third kappa shape index (κ3) is 3.94. The number of hydrogen-bond acceptors (Lipinski definition) is 3. The fourth-order valence-electron chi connectivity index (χ4n) is 1.46. The second kappa shape index (κ2) is 5.10. The van der Waals surface area contributed by atoms with Crippen molar-refractivity contribution in [2.24, 2.45) is 0 Å². The van der Waals surface area contributed by atoms with Gasteiger partial charge in [0.2, 0.25) is 0 Å². The van der Waals surface area contributed by atoms with Crippen LogP contribution in [0.25, 0.3) is 0 Å². The van der Waals surface area contributed by atoms with Crippen molar-refractivity contribution in [3.63, 3.8) is 0 Å². The van der Waals surface area contributed by atoms with Crippen LogP contribution in [0.3, 0.4) is 0 Å². The van der Waals surface area contributed by atoms with E-state index in [0.717, 1.165) is 6.07 Å². The Hall–Kier alpha value is -2.12. The quantitative estimate of drug-likeness (QED) is 0.671. The van der Waals surface area contributed by atoms with E-state index in [0.29, 0.717) is 12.1 Å². The lowest BCUT2D eigenvalue weighted by atomic mass is 10.0. The number of carbonyl (C=O) groups is 1. The van der Waals surface area contributed by atoms with Crippen molar-refractivity contribution in [1.29, 1.82) is 0 Å². The minimum atomic E-state index is -4.70. The molecule has 0 aliphatic heterocycles. The Morgan fingerprint density at radius 1 is 1.25 bits per heavy atom. The minimum absolute atomic E-state index is 0.359. The molecule has 1 rings (SSSR count). The van der Waals surface area contributed by atoms with E-state index >= 15 is 0 Å². The normalized spacial score (nSPS) is 12.1. The standard InChI is InChI=1S/C12H13F3N2O3/c1-11(2,3)16-10(18)8-5-4-7(12(13,14)15)6-9(8)17(19)20/h4-6H,1-3H3,(H,16,18). The first kappa shape index (κ1) is 15.9. The molecule has 0 atom stereocenters. The molecule has 0 radical (unpaired) electrons. The van der Waals surface area contributed by atoms with Gasteiger partial charge < -0.3 is 5.32 Å². The van der Waals surface area contributed by atoms with Crippen LogP contribution in [0.4, 0.5) is 18.9 Å². The first-order valence-corrected chi connectivity index (χ1v) is 5.60. The van der Waals surface area contributed by atoms with Crippen LogP contribution in [0.5, 0.6) is 0 Å². The number of carbonyl (C=O) groups excluding carboxylic acids is 1. The second-order valence-electron chi connectivity index (χ2n) is 5.19. The molecule has 0 spiro atoms. The molecule has 0 unspecified atom stereocenters. The zero-order valence-corrected chi connectivity index (χ0v) is 11.0. The number of nitro benzene ring substituents is 1. The van der Waals surface area contributed by atoms with E-state index < -0.39 is 39.4 Å². The Kier molecular flexibility index (Phi) is 4.07. The van der Waals surface area contributed by atoms with E-state index in [2.05, 4.69) is 5.32 Å². The molecule has 1 amide bonds. The van der Waals surface area contributed by atoms with Crippen molar-refractivity contribution >= 4 is 11.6 Å². The number of halogens is 3. The summed E-state index contributed by atoms with van der Waals surface area (Å²) in [7, 11) is 0. The topological polar surface area (TPSA) is 72.2 Å². The van der Waals surface area contributed by atoms with Gasteiger partial charge in [-0.15, -0.1) is 0 Å². The van der Waals surface area contributed by atoms with E-state index in [1.54, 1.807) is 20.8 Å². The van der Waals surface area contributed by atoms with Crippen LogP contribution >= 0.6 is 0 Å². The van der Waals surface area contributed by atoms with Crippen LogP contribution in [0.15, 0.2) is 18.2 Å². The maximum absolute atomic E-state index is 12.5. The highest BCUT2D eigenvalue weighted by molar-refractivity contribution is 5.98. The molecule has 1 aromatic rings. The summed E-state index contributed by atoms with van der Waals surface area (Å²) in [6.07, 6.45) is -4.70. The van der Waals surface area contributed by atoms with Crippen molar-refractivity contribution in [2.75, 3.05) is 0 Å². The van der Waals surface area contributed by atoms with Crippen LogP contribution in [-0.4, -0.2) is 16.4 Å². The van der Waals surface area contributed by atoms with Crippen LogP contribution in [-0.2, 0) is 6.18 Å². The molecular formula is C12H13F3N2O3. The molecule has 1 N–H and O–H groups in total. The van der Waals surface area contributed by atoms with Gasteiger partial charge in [0.1, 0.15) is 5.56 Å². The largest absolute Gasteiger partial charge is 0.416 e. The smallest absolute Gasteiger partial charge is 0.347 e. The molecule has 110 valence electrons. The molecule has 5 nitrogen and oxygen atoms in total. The highest BCUT2D eigenvalue weighted by Crippen LogP contribution is 2.33. The third-order valence-electron chi connectivity index (χ3n) is 2.25. The van der Waals surface area contributed by atoms with Crippen molar-refractivity contribution in [3.05, 3.63) is 39.4 Å². The molecule has 1 aromatic carbocycles. The number of nitrogens with one attached hydrogen (secondary N) is 1. The van der Waals surface area contributed by atoms with Gasteiger partial charge in [-0.3, -0.25) is 14.9 Å². The summed E-state index contributed by atoms with van der Waals surface area (Å²) < 4.78 is 37.5. The molecule has 0 saturated heterocycles. The Balaban J connectivity index is 3.28. The van der Waals surface area contributed by atoms with Crippen LogP contribution in [0, 0.1) is 10.1 Å². The molecule has 0 aliphatic rings. The number of hydrogen-bond donors (Lipinski definition) is 1. The lowest BCUT2D eigenvalue weighted by Crippen LogP contribution is -2.40. The first-order valence-electron chi connectivity index (χ1n) is 5.60. The molecule has 20 heavy (non-hydrogen) atoms. The molecule has 0 bridgehead atoms. The predicted molar refractivity (Wildman–Crippen MR) is 65.3 cm³/mol. The fraction of sp³-hybridized carbons (Fsp3) is 0.417. The van der Waals surface area contributed by atoms with Crippen LogP contribution < -0.4 is 5.32 Å². The molecular weight excluding hydrogens is 277 g/mol. The molecule has 0 saturated carbocycles. The number of nitrogens with zero attached hydrogens (tertiary/aromatic N) is 1. The van der Waals surface area contributed by atoms with Crippen LogP contribution in [0.2, 0.25) is 0 Å². The number of nitro groups is 1. The van der Waals surface area contributed by atoms with E-state index in [1.807, 2.05) is 0 Å². The van der Waals surface area contributed by atoms with Gasteiger partial charge in [-0.05, 0) is 32.9 Å². The van der Waals surface area contributed by atoms with E-state index in [9.17, 15) is 28.1 Å². The van der Waals surface area contributed by atoms with Gasteiger partial charge in [-0.2, -0.15) is 13.2 Å². The van der Waals surface area contributed by atoms with Gasteiger partial charge in [0.05, 0.1) is 10.5 Å². The minimum Gasteiger partial charge on any atom is -0.347 e. The predicted octanol–water partition coefficient (Wildman–Crippen LogP) is 3.14. The molecule has 8 heteroatoms. The van der Waals surface area contributed by atoms with Gasteiger partial charge >= 0.3 is 6.18 Å². The molecule has 0 aliphatic carbocycles. The number of rotatable bonds is 2. The van der Waals surface area contributed by atoms with Gasteiger partial charge in [0.25, 0.3) is 11.6 Å². The highest BCUT2D eigenvalue weighted by atomic mass is 19.4. The maximum atomic E-state index is 12.5. The average molecular weight is 290 g/mol. The zero-order valence-electron chi connectivity index (χ0n) is 11.0. The third-order valence-corrected chi connectivity index (χ3v) is 2.25. The fourth-order valence-corrected chi connectivity index (χ4v) is 1.46. The molecule has 0 heterocycles. The summed E-state index contributed by atoms with van der Waals surface area (Å²) in [5.74, 6) is -0.794. The van der Waals surface area contributed by atoms with Crippen molar-refractivity contribution in [3.8, 4) is 0 Å². The van der Waals surface area contributed by atoms with Crippen molar-refractivity contribution < 1.29 is 22.9 Å². The Bertz CT molecular complexity index is 548. The summed E-state index contributed by atoms with van der Waals surface area (Å²) in [5.41, 5.74) is -3.11. The summed E-state index contributed by atoms with van der Waals surface area (Å²) in [6, 6.07) is 1.81. The van der Waals surface area contributed by atoms with E-state index in [1.165, 1.54) is 0 Å². The van der Waals surface area contributed by atoms with Gasteiger partial charge in [-0.25, -0.2) is 0 Å². The van der Waals surface area contributed by atoms with Gasteiger partial charge in [-0.1, -0.05) is 0 Å². The number of benzene rings is 1.